The molecule has 184 valence electrons. The maximum atomic E-state index is 12.7. The summed E-state index contributed by atoms with van der Waals surface area (Å²) in [7, 11) is -1.25. The fourth-order valence-corrected chi connectivity index (χ4v) is 3.83. The van der Waals surface area contributed by atoms with Crippen LogP contribution >= 0.6 is 0 Å². The topological polar surface area (TPSA) is 149 Å². The Morgan fingerprint density at radius 3 is 2.06 bits per heavy atom. The summed E-state index contributed by atoms with van der Waals surface area (Å²) in [6.45, 7) is 0.388. The van der Waals surface area contributed by atoms with E-state index >= 15 is 0 Å². The Labute approximate surface area is 202 Å². The highest BCUT2D eigenvalue weighted by atomic mass is 32.2. The molecule has 0 saturated heterocycles. The second-order valence-electron chi connectivity index (χ2n) is 7.22. The molecule has 0 aliphatic carbocycles. The monoisotopic (exact) mass is 499 g/mol. The molecular formula is C23H25N5O6S. The van der Waals surface area contributed by atoms with Gasteiger partial charge in [-0.3, -0.25) is 9.59 Å². The van der Waals surface area contributed by atoms with Crippen LogP contribution in [-0.2, 0) is 26.2 Å². The van der Waals surface area contributed by atoms with Crippen molar-refractivity contribution in [2.24, 2.45) is 0 Å². The predicted octanol–water partition coefficient (Wildman–Crippen LogP) is 2.33. The number of nitrogens with zero attached hydrogens (tertiary/aromatic N) is 2. The number of hydrogen-bond donors (Lipinski definition) is 3. The zero-order valence-corrected chi connectivity index (χ0v) is 20.0. The minimum atomic E-state index is -4.01. The van der Waals surface area contributed by atoms with Gasteiger partial charge >= 0.3 is 0 Å². The van der Waals surface area contributed by atoms with Crippen molar-refractivity contribution in [3.63, 3.8) is 0 Å². The van der Waals surface area contributed by atoms with Gasteiger partial charge in [-0.15, -0.1) is 0 Å². The van der Waals surface area contributed by atoms with Crippen LogP contribution in [0.15, 0.2) is 65.6 Å². The van der Waals surface area contributed by atoms with Crippen LogP contribution in [0.5, 0.6) is 11.8 Å². The van der Waals surface area contributed by atoms with Crippen molar-refractivity contribution in [2.45, 2.75) is 24.3 Å². The number of amides is 2. The predicted molar refractivity (Wildman–Crippen MR) is 129 cm³/mol. The molecule has 0 aliphatic heterocycles. The van der Waals surface area contributed by atoms with E-state index in [2.05, 4.69) is 25.3 Å². The lowest BCUT2D eigenvalue weighted by atomic mass is 10.2. The van der Waals surface area contributed by atoms with E-state index in [1.54, 1.807) is 0 Å². The van der Waals surface area contributed by atoms with Crippen LogP contribution in [0, 0.1) is 0 Å². The first-order valence-corrected chi connectivity index (χ1v) is 12.0. The number of hydrogen-bond acceptors (Lipinski definition) is 8. The van der Waals surface area contributed by atoms with Crippen LogP contribution < -0.4 is 24.8 Å². The maximum Gasteiger partial charge on any atom is 0.264 e. The first-order valence-electron chi connectivity index (χ1n) is 10.5. The lowest BCUT2D eigenvalue weighted by Gasteiger charge is -2.10. The Balaban J connectivity index is 1.52. The van der Waals surface area contributed by atoms with Gasteiger partial charge in [0.15, 0.2) is 0 Å². The quantitative estimate of drug-likeness (QED) is 0.364. The molecule has 0 bridgehead atoms. The van der Waals surface area contributed by atoms with Crippen molar-refractivity contribution in [1.29, 1.82) is 0 Å². The van der Waals surface area contributed by atoms with Gasteiger partial charge < -0.3 is 20.1 Å². The largest absolute Gasteiger partial charge is 0.481 e. The van der Waals surface area contributed by atoms with Crippen LogP contribution in [-0.4, -0.2) is 44.4 Å². The highest BCUT2D eigenvalue weighted by Gasteiger charge is 2.17. The molecule has 3 rings (SSSR count). The molecule has 3 N–H and O–H groups in total. The minimum Gasteiger partial charge on any atom is -0.481 e. The third-order valence-corrected chi connectivity index (χ3v) is 6.03. The summed E-state index contributed by atoms with van der Waals surface area (Å²) in [4.78, 5) is 32.0. The summed E-state index contributed by atoms with van der Waals surface area (Å²) >= 11 is 0. The molecule has 0 radical (unpaired) electrons. The molecule has 0 atom stereocenters. The average Bonchev–Trinajstić information content (AvgIpc) is 2.86. The van der Waals surface area contributed by atoms with E-state index < -0.39 is 10.0 Å². The maximum absolute atomic E-state index is 12.7. The summed E-state index contributed by atoms with van der Waals surface area (Å²) in [6.07, 6.45) is 0.0102. The molecule has 0 unspecified atom stereocenters. The van der Waals surface area contributed by atoms with Crippen molar-refractivity contribution in [3.8, 4) is 11.8 Å². The van der Waals surface area contributed by atoms with E-state index in [0.29, 0.717) is 12.2 Å². The Morgan fingerprint density at radius 2 is 1.46 bits per heavy atom. The van der Waals surface area contributed by atoms with Gasteiger partial charge in [0.25, 0.3) is 10.0 Å². The molecule has 35 heavy (non-hydrogen) atoms. The third-order valence-electron chi connectivity index (χ3n) is 4.68. The SMILES string of the molecule is COc1cc(OC)nc(NS(=O)(=O)c2ccc(NC(=O)CCC(=O)NCc3ccccc3)cc2)n1. The first kappa shape index (κ1) is 25.4. The number of rotatable bonds is 11. The third kappa shape index (κ3) is 7.67. The van der Waals surface area contributed by atoms with Crippen LogP contribution in [0.3, 0.4) is 0 Å². The summed E-state index contributed by atoms with van der Waals surface area (Å²) in [5.74, 6) is -0.579. The van der Waals surface area contributed by atoms with Crippen molar-refractivity contribution >= 4 is 33.5 Å². The number of carbonyl (C=O) groups is 2. The van der Waals surface area contributed by atoms with E-state index in [9.17, 15) is 18.0 Å². The van der Waals surface area contributed by atoms with Crippen LogP contribution in [0.4, 0.5) is 11.6 Å². The number of methoxy groups -OCH3 is 2. The smallest absolute Gasteiger partial charge is 0.264 e. The van der Waals surface area contributed by atoms with Crippen molar-refractivity contribution < 1.29 is 27.5 Å². The van der Waals surface area contributed by atoms with Gasteiger partial charge in [-0.05, 0) is 29.8 Å². The summed E-state index contributed by atoms with van der Waals surface area (Å²) in [5, 5.41) is 5.40. The number of ether oxygens (including phenoxy) is 2. The highest BCUT2D eigenvalue weighted by molar-refractivity contribution is 7.92. The Morgan fingerprint density at radius 1 is 0.857 bits per heavy atom. The fourth-order valence-electron chi connectivity index (χ4n) is 2.89. The van der Waals surface area contributed by atoms with E-state index in [-0.39, 0.29) is 47.3 Å². The lowest BCUT2D eigenvalue weighted by Crippen LogP contribution is -2.24. The number of nitrogens with one attached hydrogen (secondary N) is 3. The van der Waals surface area contributed by atoms with Gasteiger partial charge in [-0.2, -0.15) is 9.97 Å². The van der Waals surface area contributed by atoms with Gasteiger partial charge in [-0.25, -0.2) is 13.1 Å². The molecule has 1 heterocycles. The Hall–Kier alpha value is -4.19. The van der Waals surface area contributed by atoms with Crippen molar-refractivity contribution in [1.82, 2.24) is 15.3 Å². The van der Waals surface area contributed by atoms with E-state index in [1.165, 1.54) is 44.6 Å². The second kappa shape index (κ2) is 11.8. The van der Waals surface area contributed by atoms with Crippen LogP contribution in [0.25, 0.3) is 0 Å². The molecule has 0 spiro atoms. The standard InChI is InChI=1S/C23H25N5O6S/c1-33-21-14-22(34-2)27-23(26-21)28-35(31,32)18-10-8-17(9-11-18)25-20(30)13-12-19(29)24-15-16-6-4-3-5-7-16/h3-11,14H,12-13,15H2,1-2H3,(H,24,29)(H,25,30)(H,26,27,28). The average molecular weight is 500 g/mol. The van der Waals surface area contributed by atoms with E-state index in [0.717, 1.165) is 5.56 Å². The van der Waals surface area contributed by atoms with Gasteiger partial charge in [-0.1, -0.05) is 30.3 Å². The first-order chi connectivity index (χ1) is 16.8. The van der Waals surface area contributed by atoms with Gasteiger partial charge in [0, 0.05) is 25.1 Å². The lowest BCUT2D eigenvalue weighted by molar-refractivity contribution is -0.124. The fraction of sp³-hybridized carbons (Fsp3) is 0.217. The molecule has 11 nitrogen and oxygen atoms in total. The molecule has 0 saturated carbocycles. The molecular weight excluding hydrogens is 474 g/mol. The van der Waals surface area contributed by atoms with Crippen LogP contribution in [0.2, 0.25) is 0 Å². The van der Waals surface area contributed by atoms with E-state index in [4.69, 9.17) is 9.47 Å². The molecule has 2 amide bonds. The summed E-state index contributed by atoms with van der Waals surface area (Å²) in [6, 6.07) is 16.4. The van der Waals surface area contributed by atoms with Gasteiger partial charge in [0.2, 0.25) is 29.5 Å². The molecule has 0 aliphatic rings. The molecule has 0 fully saturated rings. The molecule has 12 heteroatoms. The number of anilines is 2. The normalized spacial score (nSPS) is 10.8. The number of sulfonamides is 1. The Kier molecular flexibility index (Phi) is 8.57. The summed E-state index contributed by atoms with van der Waals surface area (Å²) < 4.78 is 37.6. The Bertz CT molecular complexity index is 1250. The van der Waals surface area contributed by atoms with Gasteiger partial charge in [0.1, 0.15) is 0 Å². The van der Waals surface area contributed by atoms with Crippen molar-refractivity contribution in [2.75, 3.05) is 24.3 Å². The minimum absolute atomic E-state index is 0.0166. The number of aromatic nitrogens is 2. The number of benzene rings is 2. The van der Waals surface area contributed by atoms with E-state index in [1.807, 2.05) is 30.3 Å². The highest BCUT2D eigenvalue weighted by Crippen LogP contribution is 2.21. The molecule has 3 aromatic rings. The summed E-state index contributed by atoms with van der Waals surface area (Å²) in [5.41, 5.74) is 1.35. The second-order valence-corrected chi connectivity index (χ2v) is 8.90. The van der Waals surface area contributed by atoms with Crippen LogP contribution in [0.1, 0.15) is 18.4 Å². The van der Waals surface area contributed by atoms with Crippen molar-refractivity contribution in [3.05, 3.63) is 66.2 Å². The van der Waals surface area contributed by atoms with Gasteiger partial charge in [0.05, 0.1) is 25.2 Å². The number of carbonyl (C=O) groups excluding carboxylic acids is 2. The zero-order valence-electron chi connectivity index (χ0n) is 19.1. The molecule has 2 aromatic carbocycles. The zero-order chi connectivity index (χ0) is 25.3. The molecule has 1 aromatic heterocycles.